The molecular weight excluding hydrogens is 532 g/mol. The van der Waals surface area contributed by atoms with Crippen LogP contribution < -0.4 is 0 Å². The number of ether oxygens (including phenoxy) is 2. The highest BCUT2D eigenvalue weighted by molar-refractivity contribution is 6.02. The number of fused-ring (bicyclic) bond motifs is 1. The monoisotopic (exact) mass is 586 g/mol. The standard InChI is InChI=1S/C17H27NO2.C9H16N2O3.C7H11N/c1-6-8-9-10-14(7-2)15-11-12-18(13-15)16(19)20-17(3,4)5;1-7(2)11-6-8(12)10(9(11)13)4-5-14-3;1-5-6-3-4-7(6)8(5)2/h6-10,15H,11-13H2,1-5H3;7H,4-6H2,1-3H3;6-7H,1,3-4H2,2H3/b8-6-,10-9-,14-7+;;. The Labute approximate surface area is 253 Å². The molecule has 4 fully saturated rings. The summed E-state index contributed by atoms with van der Waals surface area (Å²) in [6.07, 6.45) is 13.9. The molecule has 42 heavy (non-hydrogen) atoms. The first-order chi connectivity index (χ1) is 19.7. The van der Waals surface area contributed by atoms with Gasteiger partial charge in [-0.25, -0.2) is 9.59 Å². The molecule has 3 saturated heterocycles. The molecule has 0 radical (unpaired) electrons. The van der Waals surface area contributed by atoms with Crippen LogP contribution in [0.3, 0.4) is 0 Å². The SMILES string of the molecule is C=C1C2CCC2N1C.COCCN1C(=O)CN(C(C)C)C1=O.C\C=C/C=C\C(=C/C)C1CCN(C(=O)OC(C)(C)C)C1. The molecule has 0 N–H and O–H groups in total. The normalized spacial score (nSPS) is 24.0. The molecule has 0 bridgehead atoms. The van der Waals surface area contributed by atoms with Crippen LogP contribution in [0.5, 0.6) is 0 Å². The zero-order valence-corrected chi connectivity index (χ0v) is 27.4. The van der Waals surface area contributed by atoms with E-state index in [4.69, 9.17) is 9.47 Å². The van der Waals surface area contributed by atoms with Gasteiger partial charge in [0.2, 0.25) is 5.91 Å². The number of amides is 4. The van der Waals surface area contributed by atoms with Crippen LogP contribution in [-0.2, 0) is 14.3 Å². The quantitative estimate of drug-likeness (QED) is 0.275. The van der Waals surface area contributed by atoms with Crippen LogP contribution in [0.1, 0.15) is 67.7 Å². The molecule has 3 atom stereocenters. The summed E-state index contributed by atoms with van der Waals surface area (Å²) in [5, 5.41) is 0. The summed E-state index contributed by atoms with van der Waals surface area (Å²) in [6.45, 7) is 19.9. The Morgan fingerprint density at radius 2 is 1.81 bits per heavy atom. The Hall–Kier alpha value is -3.07. The second-order valence-corrected chi connectivity index (χ2v) is 12.5. The van der Waals surface area contributed by atoms with Crippen molar-refractivity contribution in [3.05, 3.63) is 48.2 Å². The molecule has 4 rings (SSSR count). The van der Waals surface area contributed by atoms with Crippen molar-refractivity contribution in [1.82, 2.24) is 19.6 Å². The topological polar surface area (TPSA) is 82.6 Å². The molecule has 4 aliphatic rings. The predicted octanol–water partition coefficient (Wildman–Crippen LogP) is 5.85. The van der Waals surface area contributed by atoms with Gasteiger partial charge in [0.1, 0.15) is 12.1 Å². The minimum absolute atomic E-state index is 0.0685. The second-order valence-electron chi connectivity index (χ2n) is 12.5. The summed E-state index contributed by atoms with van der Waals surface area (Å²) in [5.41, 5.74) is 2.22. The molecule has 0 spiro atoms. The smallest absolute Gasteiger partial charge is 0.410 e. The molecule has 1 saturated carbocycles. The van der Waals surface area contributed by atoms with Crippen molar-refractivity contribution in [3.8, 4) is 0 Å². The van der Waals surface area contributed by atoms with Gasteiger partial charge in [0.05, 0.1) is 13.2 Å². The largest absolute Gasteiger partial charge is 0.444 e. The van der Waals surface area contributed by atoms with E-state index in [1.165, 1.54) is 29.0 Å². The molecular formula is C33H54N4O5. The van der Waals surface area contributed by atoms with Crippen molar-refractivity contribution in [2.75, 3.05) is 46.9 Å². The van der Waals surface area contributed by atoms with E-state index in [1.54, 1.807) is 12.0 Å². The summed E-state index contributed by atoms with van der Waals surface area (Å²) in [6, 6.07) is 0.753. The number of urea groups is 1. The maximum absolute atomic E-state index is 12.0. The van der Waals surface area contributed by atoms with Gasteiger partial charge in [-0.1, -0.05) is 37.0 Å². The minimum Gasteiger partial charge on any atom is -0.444 e. The first-order valence-corrected chi connectivity index (χ1v) is 15.2. The summed E-state index contributed by atoms with van der Waals surface area (Å²) < 4.78 is 10.3. The number of allylic oxidation sites excluding steroid dienone is 5. The van der Waals surface area contributed by atoms with E-state index in [0.717, 1.165) is 31.5 Å². The second kappa shape index (κ2) is 16.0. The van der Waals surface area contributed by atoms with Gasteiger partial charge in [0.15, 0.2) is 0 Å². The third-order valence-electron chi connectivity index (χ3n) is 8.08. The molecule has 236 valence electrons. The van der Waals surface area contributed by atoms with Gasteiger partial charge in [0, 0.05) is 56.9 Å². The number of carbonyl (C=O) groups excluding carboxylic acids is 3. The number of hydrogen-bond acceptors (Lipinski definition) is 6. The number of carbonyl (C=O) groups is 3. The van der Waals surface area contributed by atoms with Crippen molar-refractivity contribution < 1.29 is 23.9 Å². The molecule has 3 unspecified atom stereocenters. The third-order valence-corrected chi connectivity index (χ3v) is 8.08. The average molecular weight is 587 g/mol. The van der Waals surface area contributed by atoms with Gasteiger partial charge in [-0.3, -0.25) is 9.69 Å². The molecule has 0 aromatic carbocycles. The molecule has 4 amide bonds. The first kappa shape index (κ1) is 35.1. The molecule has 1 aliphatic carbocycles. The maximum atomic E-state index is 12.0. The number of imide groups is 1. The van der Waals surface area contributed by atoms with Gasteiger partial charge >= 0.3 is 12.1 Å². The van der Waals surface area contributed by atoms with Crippen molar-refractivity contribution in [1.29, 1.82) is 0 Å². The number of nitrogens with zero attached hydrogens (tertiary/aromatic N) is 4. The van der Waals surface area contributed by atoms with Crippen LogP contribution in [0.4, 0.5) is 9.59 Å². The number of methoxy groups -OCH3 is 1. The lowest BCUT2D eigenvalue weighted by molar-refractivity contribution is -0.125. The fourth-order valence-electron chi connectivity index (χ4n) is 5.36. The van der Waals surface area contributed by atoms with Gasteiger partial charge < -0.3 is 24.2 Å². The summed E-state index contributed by atoms with van der Waals surface area (Å²) in [4.78, 5) is 42.0. The lowest BCUT2D eigenvalue weighted by atomic mass is 9.69. The van der Waals surface area contributed by atoms with Crippen molar-refractivity contribution in [2.24, 2.45) is 11.8 Å². The van der Waals surface area contributed by atoms with Crippen molar-refractivity contribution >= 4 is 18.0 Å². The lowest BCUT2D eigenvalue weighted by Gasteiger charge is -2.57. The van der Waals surface area contributed by atoms with E-state index in [2.05, 4.69) is 30.7 Å². The molecule has 0 aromatic heterocycles. The first-order valence-electron chi connectivity index (χ1n) is 15.2. The highest BCUT2D eigenvalue weighted by Gasteiger charge is 2.46. The molecule has 3 heterocycles. The van der Waals surface area contributed by atoms with Gasteiger partial charge in [-0.15, -0.1) is 0 Å². The minimum atomic E-state index is -0.426. The summed E-state index contributed by atoms with van der Waals surface area (Å²) in [5.74, 6) is 1.16. The van der Waals surface area contributed by atoms with Crippen LogP contribution in [0.15, 0.2) is 48.2 Å². The predicted molar refractivity (Wildman–Crippen MR) is 168 cm³/mol. The summed E-state index contributed by atoms with van der Waals surface area (Å²) in [7, 11) is 3.69. The third kappa shape index (κ3) is 9.48. The van der Waals surface area contributed by atoms with E-state index in [-0.39, 0.29) is 30.6 Å². The Morgan fingerprint density at radius 3 is 2.24 bits per heavy atom. The zero-order valence-electron chi connectivity index (χ0n) is 27.4. The summed E-state index contributed by atoms with van der Waals surface area (Å²) >= 11 is 0. The Kier molecular flexibility index (Phi) is 13.3. The zero-order chi connectivity index (χ0) is 31.6. The van der Waals surface area contributed by atoms with E-state index in [1.807, 2.05) is 71.6 Å². The highest BCUT2D eigenvalue weighted by Crippen LogP contribution is 2.47. The lowest BCUT2D eigenvalue weighted by Crippen LogP contribution is -2.57. The van der Waals surface area contributed by atoms with Gasteiger partial charge in [-0.2, -0.15) is 0 Å². The molecule has 9 heteroatoms. The van der Waals surface area contributed by atoms with Crippen LogP contribution in [0.25, 0.3) is 0 Å². The maximum Gasteiger partial charge on any atom is 0.410 e. The molecule has 3 aliphatic heterocycles. The van der Waals surface area contributed by atoms with E-state index in [0.29, 0.717) is 19.1 Å². The fraction of sp³-hybridized carbons (Fsp3) is 0.667. The number of rotatable bonds is 7. The average Bonchev–Trinajstić information content (AvgIpc) is 3.50. The van der Waals surface area contributed by atoms with Crippen molar-refractivity contribution in [2.45, 2.75) is 85.4 Å². The van der Waals surface area contributed by atoms with Crippen LogP contribution in [-0.4, -0.2) is 102 Å². The number of piperidine rings is 1. The van der Waals surface area contributed by atoms with Gasteiger partial charge in [-0.05, 0) is 73.3 Å². The van der Waals surface area contributed by atoms with Crippen LogP contribution in [0.2, 0.25) is 0 Å². The van der Waals surface area contributed by atoms with Crippen LogP contribution >= 0.6 is 0 Å². The molecule has 0 aromatic rings. The van der Waals surface area contributed by atoms with E-state index >= 15 is 0 Å². The highest BCUT2D eigenvalue weighted by atomic mass is 16.6. The van der Waals surface area contributed by atoms with Crippen molar-refractivity contribution in [3.63, 3.8) is 0 Å². The van der Waals surface area contributed by atoms with Crippen LogP contribution in [0, 0.1) is 11.8 Å². The van der Waals surface area contributed by atoms with E-state index < -0.39 is 5.60 Å². The Bertz CT molecular complexity index is 1030. The number of likely N-dealkylation sites (tertiary alicyclic amines) is 2. The van der Waals surface area contributed by atoms with E-state index in [9.17, 15) is 14.4 Å². The Morgan fingerprint density at radius 1 is 1.12 bits per heavy atom. The number of hydrogen-bond donors (Lipinski definition) is 0. The Balaban J connectivity index is 0.000000240. The fourth-order valence-corrected chi connectivity index (χ4v) is 5.36. The van der Waals surface area contributed by atoms with Gasteiger partial charge in [0.25, 0.3) is 0 Å². The molecule has 9 nitrogen and oxygen atoms in total.